The van der Waals surface area contributed by atoms with Gasteiger partial charge in [-0.15, -0.1) is 29.8 Å². The van der Waals surface area contributed by atoms with Gasteiger partial charge < -0.3 is 10.1 Å². The van der Waals surface area contributed by atoms with E-state index in [2.05, 4.69) is 11.1 Å². The summed E-state index contributed by atoms with van der Waals surface area (Å²) in [5, 5.41) is 10.2. The molecule has 0 aliphatic carbocycles. The summed E-state index contributed by atoms with van der Waals surface area (Å²) in [7, 11) is 0. The smallest absolute Gasteiger partial charge is 0.399 e. The van der Waals surface area contributed by atoms with Crippen LogP contribution in [-0.2, 0) is 31.1 Å². The molecule has 1 radical (unpaired) electrons. The number of hydrogen-bond donors (Lipinski definition) is 1. The van der Waals surface area contributed by atoms with Crippen LogP contribution in [0.1, 0.15) is 19.4 Å². The largest absolute Gasteiger partial charge is 0.512 e. The molecule has 0 saturated heterocycles. The van der Waals surface area contributed by atoms with E-state index >= 15 is 0 Å². The molecule has 0 bridgehead atoms. The van der Waals surface area contributed by atoms with Gasteiger partial charge in [0.1, 0.15) is 0 Å². The van der Waals surface area contributed by atoms with Gasteiger partial charge in [-0.05, 0) is 35.9 Å². The Balaban J connectivity index is 0.000000425. The Morgan fingerprint density at radius 1 is 1.11 bits per heavy atom. The van der Waals surface area contributed by atoms with Gasteiger partial charge in [-0.25, -0.2) is 0 Å². The summed E-state index contributed by atoms with van der Waals surface area (Å²) < 4.78 is 38.1. The minimum Gasteiger partial charge on any atom is -0.512 e. The van der Waals surface area contributed by atoms with Crippen molar-refractivity contribution in [2.24, 2.45) is 0 Å². The standard InChI is InChI=1S/C16H9F3N.C5H8O2.Ir/c17-16(18,19)14-7-3-6-12(8-14)15-9-11-4-1-2-5-13(11)10-20-15;1-4(6)3-5(2)7;/h1-5,7-10H;3,6H,1-2H3;/q-1;;/b;4-3-;. The van der Waals surface area contributed by atoms with E-state index in [1.165, 1.54) is 26.0 Å². The molecule has 3 rings (SSSR count). The number of pyridine rings is 1. The van der Waals surface area contributed by atoms with Crippen molar-refractivity contribution in [3.63, 3.8) is 0 Å². The fourth-order valence-corrected chi connectivity index (χ4v) is 2.32. The Morgan fingerprint density at radius 3 is 2.29 bits per heavy atom. The number of allylic oxidation sites excluding steroid dienone is 2. The van der Waals surface area contributed by atoms with Gasteiger partial charge in [0.2, 0.25) is 0 Å². The van der Waals surface area contributed by atoms with Crippen molar-refractivity contribution in [1.29, 1.82) is 0 Å². The third kappa shape index (κ3) is 6.91. The maximum Gasteiger partial charge on any atom is 0.399 e. The number of aliphatic hydroxyl groups excluding tert-OH is 1. The van der Waals surface area contributed by atoms with Crippen LogP contribution in [-0.4, -0.2) is 15.9 Å². The van der Waals surface area contributed by atoms with Crippen LogP contribution >= 0.6 is 0 Å². The first-order valence-corrected chi connectivity index (χ1v) is 7.99. The second kappa shape index (κ2) is 10.2. The fraction of sp³-hybridized carbons (Fsp3) is 0.143. The summed E-state index contributed by atoms with van der Waals surface area (Å²) in [5.74, 6) is -0.0625. The zero-order valence-electron chi connectivity index (χ0n) is 15.0. The van der Waals surface area contributed by atoms with Gasteiger partial charge in [0.05, 0.1) is 5.76 Å². The van der Waals surface area contributed by atoms with Gasteiger partial charge in [-0.3, -0.25) is 4.79 Å². The van der Waals surface area contributed by atoms with Crippen LogP contribution in [0.4, 0.5) is 13.2 Å². The van der Waals surface area contributed by atoms with Gasteiger partial charge in [0.25, 0.3) is 0 Å². The zero-order valence-corrected chi connectivity index (χ0v) is 17.4. The van der Waals surface area contributed by atoms with E-state index in [0.717, 1.165) is 22.9 Å². The number of benzene rings is 2. The minimum absolute atomic E-state index is 0. The molecule has 3 nitrogen and oxygen atoms in total. The van der Waals surface area contributed by atoms with E-state index in [9.17, 15) is 18.0 Å². The van der Waals surface area contributed by atoms with E-state index in [1.54, 1.807) is 12.3 Å². The Kier molecular flexibility index (Phi) is 8.54. The second-order valence-corrected chi connectivity index (χ2v) is 5.80. The number of carbonyl (C=O) groups is 1. The van der Waals surface area contributed by atoms with Crippen LogP contribution in [0.15, 0.2) is 66.6 Å². The monoisotopic (exact) mass is 565 g/mol. The topological polar surface area (TPSA) is 50.2 Å². The number of rotatable bonds is 2. The van der Waals surface area contributed by atoms with Gasteiger partial charge in [-0.2, -0.15) is 13.2 Å². The predicted molar refractivity (Wildman–Crippen MR) is 98.1 cm³/mol. The van der Waals surface area contributed by atoms with Crippen molar-refractivity contribution >= 4 is 16.6 Å². The average molecular weight is 565 g/mol. The van der Waals surface area contributed by atoms with Crippen molar-refractivity contribution in [2.45, 2.75) is 20.0 Å². The van der Waals surface area contributed by atoms with E-state index in [0.29, 0.717) is 11.3 Å². The third-order valence-electron chi connectivity index (χ3n) is 3.45. The number of halogens is 3. The molecule has 0 fully saturated rings. The Bertz CT molecular complexity index is 981. The summed E-state index contributed by atoms with van der Waals surface area (Å²) in [6.45, 7) is 2.85. The van der Waals surface area contributed by atoms with E-state index < -0.39 is 11.7 Å². The van der Waals surface area contributed by atoms with Crippen LogP contribution in [0, 0.1) is 6.07 Å². The number of nitrogens with zero attached hydrogens (tertiary/aromatic N) is 1. The molecule has 1 heterocycles. The molecule has 0 aliphatic heterocycles. The number of alkyl halides is 3. The zero-order chi connectivity index (χ0) is 20.0. The summed E-state index contributed by atoms with van der Waals surface area (Å²) >= 11 is 0. The molecule has 0 amide bonds. The summed E-state index contributed by atoms with van der Waals surface area (Å²) in [6, 6.07) is 15.5. The van der Waals surface area contributed by atoms with Crippen molar-refractivity contribution in [3.8, 4) is 11.3 Å². The number of fused-ring (bicyclic) bond motifs is 1. The maximum absolute atomic E-state index is 12.7. The van der Waals surface area contributed by atoms with Crippen LogP contribution in [0.25, 0.3) is 22.0 Å². The minimum atomic E-state index is -4.36. The number of ketones is 1. The van der Waals surface area contributed by atoms with Crippen molar-refractivity contribution in [2.75, 3.05) is 0 Å². The van der Waals surface area contributed by atoms with Crippen LogP contribution in [0.5, 0.6) is 0 Å². The molecule has 149 valence electrons. The van der Waals surface area contributed by atoms with Crippen LogP contribution in [0.2, 0.25) is 0 Å². The molecule has 0 saturated carbocycles. The van der Waals surface area contributed by atoms with E-state index in [4.69, 9.17) is 5.11 Å². The third-order valence-corrected chi connectivity index (χ3v) is 3.45. The molecule has 0 spiro atoms. The molecule has 0 unspecified atom stereocenters. The number of aromatic nitrogens is 1. The normalized spacial score (nSPS) is 11.2. The molecule has 1 aromatic heterocycles. The molecule has 1 N–H and O–H groups in total. The van der Waals surface area contributed by atoms with Gasteiger partial charge in [-0.1, -0.05) is 30.3 Å². The summed E-state index contributed by atoms with van der Waals surface area (Å²) in [4.78, 5) is 14.2. The molecule has 28 heavy (non-hydrogen) atoms. The Labute approximate surface area is 174 Å². The molecule has 3 aromatic rings. The van der Waals surface area contributed by atoms with E-state index in [1.807, 2.05) is 24.3 Å². The summed E-state index contributed by atoms with van der Waals surface area (Å²) in [6.07, 6.45) is -1.54. The van der Waals surface area contributed by atoms with Crippen LogP contribution < -0.4 is 0 Å². The molecule has 2 aromatic carbocycles. The maximum atomic E-state index is 12.7. The van der Waals surface area contributed by atoms with Crippen molar-refractivity contribution < 1.29 is 43.2 Å². The number of aliphatic hydroxyl groups is 1. The predicted octanol–water partition coefficient (Wildman–Crippen LogP) is 5.76. The quantitative estimate of drug-likeness (QED) is 0.245. The fourth-order valence-electron chi connectivity index (χ4n) is 2.32. The molecular formula is C21H17F3IrNO2-. The summed E-state index contributed by atoms with van der Waals surface area (Å²) in [5.41, 5.74) is 0.126. The van der Waals surface area contributed by atoms with Gasteiger partial charge in [0, 0.05) is 32.4 Å². The SMILES string of the molecule is CC(=O)/C=C(/C)O.FC(F)(F)c1cc[c-]c(-c2cc3ccccc3cn2)c1.[Ir]. The number of hydrogen-bond acceptors (Lipinski definition) is 3. The Morgan fingerprint density at radius 2 is 1.75 bits per heavy atom. The first kappa shape index (κ1) is 23.5. The molecular weight excluding hydrogens is 547 g/mol. The van der Waals surface area contributed by atoms with Crippen LogP contribution in [0.3, 0.4) is 0 Å². The van der Waals surface area contributed by atoms with Crippen molar-refractivity contribution in [1.82, 2.24) is 4.98 Å². The first-order chi connectivity index (χ1) is 12.7. The van der Waals surface area contributed by atoms with E-state index in [-0.39, 0.29) is 31.6 Å². The number of carbonyl (C=O) groups excluding carboxylic acids is 1. The van der Waals surface area contributed by atoms with Gasteiger partial charge >= 0.3 is 6.18 Å². The molecule has 7 heteroatoms. The first-order valence-electron chi connectivity index (χ1n) is 7.99. The van der Waals surface area contributed by atoms with Gasteiger partial charge in [0.15, 0.2) is 5.78 Å². The average Bonchev–Trinajstić information content (AvgIpc) is 2.60. The molecule has 0 aliphatic rings. The molecule has 0 atom stereocenters. The Hall–Kier alpha value is -2.50. The second-order valence-electron chi connectivity index (χ2n) is 5.80. The van der Waals surface area contributed by atoms with Crippen molar-refractivity contribution in [3.05, 3.63) is 78.2 Å².